The van der Waals surface area contributed by atoms with E-state index < -0.39 is 5.97 Å². The van der Waals surface area contributed by atoms with Crippen LogP contribution in [0, 0.1) is 0 Å². The smallest absolute Gasteiger partial charge is 0.348 e. The molecule has 5 nitrogen and oxygen atoms in total. The standard InChI is InChI=1S/C12H11NO4S/c1-2-9-7(3-5-17-9)11(14)13-8-4-6-18-10(8)12(15)16/h3-6H,2H2,1H3,(H,13,14)(H,15,16). The van der Waals surface area contributed by atoms with Gasteiger partial charge in [0.05, 0.1) is 17.5 Å². The quantitative estimate of drug-likeness (QED) is 0.890. The van der Waals surface area contributed by atoms with Gasteiger partial charge in [-0.3, -0.25) is 4.79 Å². The molecule has 0 spiro atoms. The van der Waals surface area contributed by atoms with Gasteiger partial charge in [-0.25, -0.2) is 4.79 Å². The van der Waals surface area contributed by atoms with Crippen molar-refractivity contribution in [2.24, 2.45) is 0 Å². The summed E-state index contributed by atoms with van der Waals surface area (Å²) in [5, 5.41) is 13.1. The fraction of sp³-hybridized carbons (Fsp3) is 0.167. The number of rotatable bonds is 4. The maximum atomic E-state index is 12.0. The second kappa shape index (κ2) is 5.05. The van der Waals surface area contributed by atoms with Crippen LogP contribution in [0.3, 0.4) is 0 Å². The lowest BCUT2D eigenvalue weighted by atomic mass is 10.2. The van der Waals surface area contributed by atoms with Gasteiger partial charge in [-0.1, -0.05) is 6.92 Å². The molecular weight excluding hydrogens is 254 g/mol. The van der Waals surface area contributed by atoms with Crippen LogP contribution in [0.1, 0.15) is 32.7 Å². The van der Waals surface area contributed by atoms with Crippen LogP contribution >= 0.6 is 11.3 Å². The molecule has 2 heterocycles. The van der Waals surface area contributed by atoms with Crippen molar-refractivity contribution in [3.05, 3.63) is 40.0 Å². The van der Waals surface area contributed by atoms with Crippen LogP contribution in [-0.2, 0) is 6.42 Å². The van der Waals surface area contributed by atoms with Crippen molar-refractivity contribution in [2.75, 3.05) is 5.32 Å². The summed E-state index contributed by atoms with van der Waals surface area (Å²) in [6, 6.07) is 3.14. The largest absolute Gasteiger partial charge is 0.477 e. The third-order valence-corrected chi connectivity index (χ3v) is 3.32. The van der Waals surface area contributed by atoms with Gasteiger partial charge >= 0.3 is 5.97 Å². The third kappa shape index (κ3) is 2.28. The Kier molecular flexibility index (Phi) is 3.47. The van der Waals surface area contributed by atoms with Gasteiger partial charge < -0.3 is 14.8 Å². The first kappa shape index (κ1) is 12.4. The fourth-order valence-electron chi connectivity index (χ4n) is 1.58. The Balaban J connectivity index is 2.22. The van der Waals surface area contributed by atoms with Crippen LogP contribution in [-0.4, -0.2) is 17.0 Å². The van der Waals surface area contributed by atoms with Crippen LogP contribution in [0.25, 0.3) is 0 Å². The molecule has 0 unspecified atom stereocenters. The average molecular weight is 265 g/mol. The second-order valence-corrected chi connectivity index (χ2v) is 4.45. The zero-order valence-electron chi connectivity index (χ0n) is 9.60. The molecular formula is C12H11NO4S. The number of carboxylic acids is 1. The van der Waals surface area contributed by atoms with Crippen LogP contribution in [0.4, 0.5) is 5.69 Å². The number of nitrogens with one attached hydrogen (secondary N) is 1. The summed E-state index contributed by atoms with van der Waals surface area (Å²) in [6.45, 7) is 1.88. The molecule has 0 aliphatic rings. The Morgan fingerprint density at radius 2 is 2.22 bits per heavy atom. The van der Waals surface area contributed by atoms with Gasteiger partial charge in [0.2, 0.25) is 0 Å². The highest BCUT2D eigenvalue weighted by molar-refractivity contribution is 7.12. The molecule has 0 saturated heterocycles. The van der Waals surface area contributed by atoms with Crippen LogP contribution < -0.4 is 5.32 Å². The van der Waals surface area contributed by atoms with E-state index in [1.165, 1.54) is 6.26 Å². The fourth-order valence-corrected chi connectivity index (χ4v) is 2.27. The van der Waals surface area contributed by atoms with Gasteiger partial charge in [0.15, 0.2) is 0 Å². The van der Waals surface area contributed by atoms with Crippen molar-refractivity contribution in [3.8, 4) is 0 Å². The summed E-state index contributed by atoms with van der Waals surface area (Å²) in [5.41, 5.74) is 0.737. The highest BCUT2D eigenvalue weighted by Crippen LogP contribution is 2.23. The van der Waals surface area contributed by atoms with Gasteiger partial charge in [0, 0.05) is 6.42 Å². The van der Waals surface area contributed by atoms with Gasteiger partial charge in [-0.15, -0.1) is 11.3 Å². The zero-order chi connectivity index (χ0) is 13.1. The Morgan fingerprint density at radius 1 is 1.44 bits per heavy atom. The lowest BCUT2D eigenvalue weighted by Gasteiger charge is -2.03. The van der Waals surface area contributed by atoms with Crippen LogP contribution in [0.2, 0.25) is 0 Å². The minimum atomic E-state index is -1.05. The highest BCUT2D eigenvalue weighted by atomic mass is 32.1. The lowest BCUT2D eigenvalue weighted by Crippen LogP contribution is -2.14. The lowest BCUT2D eigenvalue weighted by molar-refractivity contribution is 0.0703. The van der Waals surface area contributed by atoms with Crippen molar-refractivity contribution in [3.63, 3.8) is 0 Å². The number of hydrogen-bond donors (Lipinski definition) is 2. The van der Waals surface area contributed by atoms with E-state index >= 15 is 0 Å². The van der Waals surface area contributed by atoms with Crippen molar-refractivity contribution in [2.45, 2.75) is 13.3 Å². The minimum absolute atomic E-state index is 0.116. The van der Waals surface area contributed by atoms with E-state index in [1.807, 2.05) is 6.92 Å². The summed E-state index contributed by atoms with van der Waals surface area (Å²) in [7, 11) is 0. The highest BCUT2D eigenvalue weighted by Gasteiger charge is 2.17. The molecule has 2 N–H and O–H groups in total. The first-order chi connectivity index (χ1) is 8.63. The molecule has 1 amide bonds. The molecule has 0 aliphatic carbocycles. The molecule has 0 saturated carbocycles. The number of carboxylic acid groups (broad SMARTS) is 1. The monoisotopic (exact) mass is 265 g/mol. The van der Waals surface area contributed by atoms with E-state index in [0.29, 0.717) is 23.4 Å². The Bertz CT molecular complexity index is 584. The maximum Gasteiger partial charge on any atom is 0.348 e. The van der Waals surface area contributed by atoms with Gasteiger partial charge in [0.25, 0.3) is 5.91 Å². The second-order valence-electron chi connectivity index (χ2n) is 3.53. The normalized spacial score (nSPS) is 10.3. The summed E-state index contributed by atoms with van der Waals surface area (Å²) in [4.78, 5) is 23.0. The molecule has 2 aromatic heterocycles. The van der Waals surface area contributed by atoms with Crippen LogP contribution in [0.15, 0.2) is 28.2 Å². The topological polar surface area (TPSA) is 79.5 Å². The van der Waals surface area contributed by atoms with Gasteiger partial charge in [0.1, 0.15) is 10.6 Å². The predicted molar refractivity (Wildman–Crippen MR) is 67.3 cm³/mol. The van der Waals surface area contributed by atoms with E-state index in [-0.39, 0.29) is 10.8 Å². The number of thiophene rings is 1. The first-order valence-electron chi connectivity index (χ1n) is 5.32. The van der Waals surface area contributed by atoms with Crippen molar-refractivity contribution in [1.29, 1.82) is 0 Å². The van der Waals surface area contributed by atoms with Crippen molar-refractivity contribution >= 4 is 28.9 Å². The van der Waals surface area contributed by atoms with Gasteiger partial charge in [-0.05, 0) is 17.5 Å². The first-order valence-corrected chi connectivity index (χ1v) is 6.20. The molecule has 6 heteroatoms. The zero-order valence-corrected chi connectivity index (χ0v) is 10.4. The SMILES string of the molecule is CCc1occc1C(=O)Nc1ccsc1C(=O)O. The van der Waals surface area contributed by atoms with E-state index in [0.717, 1.165) is 11.3 Å². The molecule has 0 radical (unpaired) electrons. The molecule has 2 aromatic rings. The molecule has 18 heavy (non-hydrogen) atoms. The number of anilines is 1. The van der Waals surface area contributed by atoms with Crippen LogP contribution in [0.5, 0.6) is 0 Å². The Morgan fingerprint density at radius 3 is 2.89 bits per heavy atom. The van der Waals surface area contributed by atoms with Gasteiger partial charge in [-0.2, -0.15) is 0 Å². The number of aryl methyl sites for hydroxylation is 1. The minimum Gasteiger partial charge on any atom is -0.477 e. The molecule has 2 rings (SSSR count). The molecule has 0 atom stereocenters. The number of furan rings is 1. The number of hydrogen-bond acceptors (Lipinski definition) is 4. The predicted octanol–water partition coefficient (Wildman–Crippen LogP) is 2.85. The Hall–Kier alpha value is -2.08. The maximum absolute atomic E-state index is 12.0. The average Bonchev–Trinajstić information content (AvgIpc) is 2.96. The van der Waals surface area contributed by atoms with E-state index in [4.69, 9.17) is 9.52 Å². The molecule has 94 valence electrons. The number of carbonyl (C=O) groups excluding carboxylic acids is 1. The summed E-state index contributed by atoms with van der Waals surface area (Å²) >= 11 is 1.07. The number of aromatic carboxylic acids is 1. The van der Waals surface area contributed by atoms with Crippen molar-refractivity contribution < 1.29 is 19.1 Å². The molecule has 0 fully saturated rings. The van der Waals surface area contributed by atoms with E-state index in [1.54, 1.807) is 17.5 Å². The molecule has 0 bridgehead atoms. The summed E-state index contributed by atoms with van der Waals surface area (Å²) in [5.74, 6) is -0.829. The van der Waals surface area contributed by atoms with E-state index in [2.05, 4.69) is 5.32 Å². The summed E-state index contributed by atoms with van der Waals surface area (Å²) in [6.07, 6.45) is 2.05. The van der Waals surface area contributed by atoms with Crippen molar-refractivity contribution in [1.82, 2.24) is 0 Å². The Labute approximate surface area is 107 Å². The third-order valence-electron chi connectivity index (χ3n) is 2.42. The molecule has 0 aromatic carbocycles. The summed E-state index contributed by atoms with van der Waals surface area (Å²) < 4.78 is 5.16. The number of carbonyl (C=O) groups is 2. The number of amides is 1. The van der Waals surface area contributed by atoms with E-state index in [9.17, 15) is 9.59 Å². The molecule has 0 aliphatic heterocycles.